The van der Waals surface area contributed by atoms with Crippen molar-refractivity contribution in [2.24, 2.45) is 5.14 Å². The van der Waals surface area contributed by atoms with Crippen LogP contribution < -0.4 is 15.2 Å². The van der Waals surface area contributed by atoms with Gasteiger partial charge < -0.3 is 10.1 Å². The first kappa shape index (κ1) is 15.2. The fourth-order valence-corrected chi connectivity index (χ4v) is 1.80. The summed E-state index contributed by atoms with van der Waals surface area (Å²) in [4.78, 5) is 11.5. The minimum absolute atomic E-state index is 0.0105. The summed E-state index contributed by atoms with van der Waals surface area (Å²) < 4.78 is 27.5. The lowest BCUT2D eigenvalue weighted by Gasteiger charge is -2.14. The van der Waals surface area contributed by atoms with E-state index in [-0.39, 0.29) is 10.8 Å². The van der Waals surface area contributed by atoms with Gasteiger partial charge in [0.05, 0.1) is 4.90 Å². The highest BCUT2D eigenvalue weighted by molar-refractivity contribution is 7.89. The molecule has 1 atom stereocenters. The first-order chi connectivity index (χ1) is 8.84. The molecule has 0 aliphatic carbocycles. The van der Waals surface area contributed by atoms with Crippen LogP contribution in [0, 0.1) is 0 Å². The number of carbonyl (C=O) groups is 1. The maximum absolute atomic E-state index is 11.5. The number of hydrogen-bond acceptors (Lipinski definition) is 4. The van der Waals surface area contributed by atoms with Gasteiger partial charge >= 0.3 is 0 Å². The van der Waals surface area contributed by atoms with E-state index in [0.29, 0.717) is 12.3 Å². The second-order valence-electron chi connectivity index (χ2n) is 3.81. The fourth-order valence-electron chi connectivity index (χ4n) is 1.28. The Balaban J connectivity index is 2.68. The van der Waals surface area contributed by atoms with E-state index in [1.165, 1.54) is 24.3 Å². The SMILES string of the molecule is C=CCNC(=O)C(C)Oc1ccc(S(N)(=O)=O)cc1. The molecule has 104 valence electrons. The van der Waals surface area contributed by atoms with E-state index in [0.717, 1.165) is 0 Å². The molecule has 0 spiro atoms. The molecular weight excluding hydrogens is 268 g/mol. The number of benzene rings is 1. The Labute approximate surface area is 112 Å². The summed E-state index contributed by atoms with van der Waals surface area (Å²) in [6.07, 6.45) is 0.867. The van der Waals surface area contributed by atoms with Gasteiger partial charge in [-0.15, -0.1) is 6.58 Å². The zero-order chi connectivity index (χ0) is 14.5. The Kier molecular flexibility index (Phi) is 5.08. The van der Waals surface area contributed by atoms with E-state index in [1.807, 2.05) is 0 Å². The van der Waals surface area contributed by atoms with E-state index in [4.69, 9.17) is 9.88 Å². The number of nitrogens with two attached hydrogens (primary N) is 1. The topological polar surface area (TPSA) is 98.5 Å². The average molecular weight is 284 g/mol. The van der Waals surface area contributed by atoms with Gasteiger partial charge in [-0.3, -0.25) is 4.79 Å². The van der Waals surface area contributed by atoms with Gasteiger partial charge in [0, 0.05) is 6.54 Å². The molecule has 0 radical (unpaired) electrons. The minimum atomic E-state index is -3.72. The van der Waals surface area contributed by atoms with Crippen LogP contribution in [0.4, 0.5) is 0 Å². The van der Waals surface area contributed by atoms with Gasteiger partial charge in [-0.1, -0.05) is 6.08 Å². The third kappa shape index (κ3) is 4.72. The van der Waals surface area contributed by atoms with Gasteiger partial charge in [-0.25, -0.2) is 13.6 Å². The van der Waals surface area contributed by atoms with Crippen molar-refractivity contribution in [2.45, 2.75) is 17.9 Å². The average Bonchev–Trinajstić information content (AvgIpc) is 2.35. The van der Waals surface area contributed by atoms with Crippen molar-refractivity contribution in [1.29, 1.82) is 0 Å². The first-order valence-electron chi connectivity index (χ1n) is 5.52. The molecule has 0 aromatic heterocycles. The van der Waals surface area contributed by atoms with E-state index < -0.39 is 16.1 Å². The molecule has 7 heteroatoms. The van der Waals surface area contributed by atoms with Crippen LogP contribution in [0.5, 0.6) is 5.75 Å². The summed E-state index contributed by atoms with van der Waals surface area (Å²) in [7, 11) is -3.72. The molecule has 0 bridgehead atoms. The number of amides is 1. The molecule has 0 heterocycles. The summed E-state index contributed by atoms with van der Waals surface area (Å²) in [5, 5.41) is 7.56. The number of primary sulfonamides is 1. The zero-order valence-corrected chi connectivity index (χ0v) is 11.3. The van der Waals surface area contributed by atoms with E-state index in [9.17, 15) is 13.2 Å². The molecular formula is C12H16N2O4S. The van der Waals surface area contributed by atoms with Crippen molar-refractivity contribution in [1.82, 2.24) is 5.32 Å². The summed E-state index contributed by atoms with van der Waals surface area (Å²) in [5.41, 5.74) is 0. The second-order valence-corrected chi connectivity index (χ2v) is 5.37. The normalized spacial score (nSPS) is 12.5. The summed E-state index contributed by atoms with van der Waals surface area (Å²) >= 11 is 0. The maximum atomic E-state index is 11.5. The molecule has 0 aliphatic rings. The molecule has 6 nitrogen and oxygen atoms in total. The monoisotopic (exact) mass is 284 g/mol. The molecule has 1 unspecified atom stereocenters. The third-order valence-electron chi connectivity index (χ3n) is 2.25. The predicted octanol–water partition coefficient (Wildman–Crippen LogP) is 0.403. The van der Waals surface area contributed by atoms with Crippen molar-refractivity contribution < 1.29 is 17.9 Å². The Morgan fingerprint density at radius 2 is 2.05 bits per heavy atom. The van der Waals surface area contributed by atoms with Crippen LogP contribution in [-0.4, -0.2) is 27.0 Å². The number of ether oxygens (including phenoxy) is 1. The maximum Gasteiger partial charge on any atom is 0.261 e. The van der Waals surface area contributed by atoms with E-state index >= 15 is 0 Å². The first-order valence-corrected chi connectivity index (χ1v) is 7.07. The highest BCUT2D eigenvalue weighted by Crippen LogP contribution is 2.16. The quantitative estimate of drug-likeness (QED) is 0.739. The smallest absolute Gasteiger partial charge is 0.261 e. The van der Waals surface area contributed by atoms with Crippen molar-refractivity contribution >= 4 is 15.9 Å². The highest BCUT2D eigenvalue weighted by atomic mass is 32.2. The Hall–Kier alpha value is -1.86. The van der Waals surface area contributed by atoms with Crippen LogP contribution >= 0.6 is 0 Å². The number of carbonyl (C=O) groups excluding carboxylic acids is 1. The van der Waals surface area contributed by atoms with Gasteiger partial charge in [0.2, 0.25) is 10.0 Å². The van der Waals surface area contributed by atoms with Crippen LogP contribution in [-0.2, 0) is 14.8 Å². The van der Waals surface area contributed by atoms with E-state index in [1.54, 1.807) is 13.0 Å². The minimum Gasteiger partial charge on any atom is -0.481 e. The lowest BCUT2D eigenvalue weighted by Crippen LogP contribution is -2.36. The van der Waals surface area contributed by atoms with Gasteiger partial charge in [-0.2, -0.15) is 0 Å². The second kappa shape index (κ2) is 6.35. The number of rotatable bonds is 6. The van der Waals surface area contributed by atoms with Crippen LogP contribution in [0.2, 0.25) is 0 Å². The molecule has 0 saturated heterocycles. The summed E-state index contributed by atoms with van der Waals surface area (Å²) in [6.45, 7) is 5.43. The standard InChI is InChI=1S/C12H16N2O4S/c1-3-8-14-12(15)9(2)18-10-4-6-11(7-5-10)19(13,16)17/h3-7,9H,1,8H2,2H3,(H,14,15)(H2,13,16,17). The number of hydrogen-bond donors (Lipinski definition) is 2. The van der Waals surface area contributed by atoms with Gasteiger partial charge in [0.1, 0.15) is 5.75 Å². The van der Waals surface area contributed by atoms with Crippen LogP contribution in [0.15, 0.2) is 41.8 Å². The lowest BCUT2D eigenvalue weighted by atomic mass is 10.3. The van der Waals surface area contributed by atoms with Gasteiger partial charge in [0.25, 0.3) is 5.91 Å². The summed E-state index contributed by atoms with van der Waals surface area (Å²) in [6, 6.07) is 5.52. The summed E-state index contributed by atoms with van der Waals surface area (Å²) in [5.74, 6) is 0.101. The van der Waals surface area contributed by atoms with Crippen LogP contribution in [0.3, 0.4) is 0 Å². The van der Waals surface area contributed by atoms with Gasteiger partial charge in [0.15, 0.2) is 6.10 Å². The highest BCUT2D eigenvalue weighted by Gasteiger charge is 2.14. The molecule has 1 aromatic carbocycles. The van der Waals surface area contributed by atoms with Crippen molar-refractivity contribution in [3.63, 3.8) is 0 Å². The van der Waals surface area contributed by atoms with Crippen molar-refractivity contribution in [2.75, 3.05) is 6.54 Å². The number of nitrogens with one attached hydrogen (secondary N) is 1. The molecule has 1 aromatic rings. The number of sulfonamides is 1. The van der Waals surface area contributed by atoms with Gasteiger partial charge in [-0.05, 0) is 31.2 Å². The zero-order valence-electron chi connectivity index (χ0n) is 10.5. The Morgan fingerprint density at radius 1 is 1.47 bits per heavy atom. The van der Waals surface area contributed by atoms with Crippen molar-refractivity contribution in [3.05, 3.63) is 36.9 Å². The Bertz CT molecular complexity index is 552. The lowest BCUT2D eigenvalue weighted by molar-refractivity contribution is -0.127. The molecule has 3 N–H and O–H groups in total. The predicted molar refractivity (Wildman–Crippen MR) is 71.1 cm³/mol. The molecule has 1 amide bonds. The van der Waals surface area contributed by atoms with E-state index in [2.05, 4.69) is 11.9 Å². The molecule has 1 rings (SSSR count). The molecule has 0 fully saturated rings. The molecule has 19 heavy (non-hydrogen) atoms. The largest absolute Gasteiger partial charge is 0.481 e. The molecule has 0 aliphatic heterocycles. The van der Waals surface area contributed by atoms with Crippen LogP contribution in [0.25, 0.3) is 0 Å². The third-order valence-corrected chi connectivity index (χ3v) is 3.18. The van der Waals surface area contributed by atoms with Crippen LogP contribution in [0.1, 0.15) is 6.92 Å². The van der Waals surface area contributed by atoms with Crippen molar-refractivity contribution in [3.8, 4) is 5.75 Å². The molecule has 0 saturated carbocycles. The fraction of sp³-hybridized carbons (Fsp3) is 0.250. The Morgan fingerprint density at radius 3 is 2.53 bits per heavy atom.